The maximum atomic E-state index is 11.8. The van der Waals surface area contributed by atoms with Crippen molar-refractivity contribution in [3.05, 3.63) is 30.1 Å². The normalized spacial score (nSPS) is 16.6. The Hall–Kier alpha value is -2.88. The highest BCUT2D eigenvalue weighted by molar-refractivity contribution is 5.82. The van der Waals surface area contributed by atoms with Gasteiger partial charge in [-0.3, -0.25) is 10.2 Å². The predicted octanol–water partition coefficient (Wildman–Crippen LogP) is 0.350. The van der Waals surface area contributed by atoms with Gasteiger partial charge < -0.3 is 19.9 Å². The minimum absolute atomic E-state index is 0.233. The Morgan fingerprint density at radius 2 is 2.16 bits per heavy atom. The molecule has 1 atom stereocenters. The average Bonchev–Trinajstić information content (AvgIpc) is 2.96. The Bertz CT molecular complexity index is 688. The number of allylic oxidation sites excluding steroid dienone is 2. The molecule has 1 aliphatic rings. The molecular weight excluding hydrogens is 328 g/mol. The number of aromatic nitrogens is 2. The molecule has 25 heavy (non-hydrogen) atoms. The minimum atomic E-state index is -0.664. The number of hydrazine groups is 1. The molecule has 0 aromatic carbocycles. The van der Waals surface area contributed by atoms with E-state index in [-0.39, 0.29) is 6.54 Å². The Morgan fingerprint density at radius 3 is 2.80 bits per heavy atom. The van der Waals surface area contributed by atoms with E-state index in [4.69, 9.17) is 9.26 Å². The molecule has 0 bridgehead atoms. The van der Waals surface area contributed by atoms with Crippen LogP contribution in [0.2, 0.25) is 0 Å². The highest BCUT2D eigenvalue weighted by atomic mass is 16.6. The Labute approximate surface area is 145 Å². The van der Waals surface area contributed by atoms with E-state index >= 15 is 0 Å². The lowest BCUT2D eigenvalue weighted by molar-refractivity contribution is -0.121. The minimum Gasteiger partial charge on any atom is -0.444 e. The van der Waals surface area contributed by atoms with Gasteiger partial charge in [-0.2, -0.15) is 4.98 Å². The molecule has 1 aromatic rings. The highest BCUT2D eigenvalue weighted by Crippen LogP contribution is 2.17. The summed E-state index contributed by atoms with van der Waals surface area (Å²) in [5, 5.41) is 9.13. The number of ether oxygens (including phenoxy) is 1. The Morgan fingerprint density at radius 1 is 1.40 bits per heavy atom. The molecule has 0 fully saturated rings. The number of amides is 2. The van der Waals surface area contributed by atoms with Gasteiger partial charge in [-0.25, -0.2) is 10.2 Å². The maximum absolute atomic E-state index is 11.8. The van der Waals surface area contributed by atoms with Crippen molar-refractivity contribution in [2.24, 2.45) is 0 Å². The number of aryl methyl sites for hydroxylation is 1. The molecule has 0 saturated heterocycles. The topological polar surface area (TPSA) is 130 Å². The van der Waals surface area contributed by atoms with Crippen molar-refractivity contribution < 1.29 is 18.8 Å². The number of hydrogen-bond acceptors (Lipinski definition) is 8. The van der Waals surface area contributed by atoms with E-state index in [1.165, 1.54) is 0 Å². The van der Waals surface area contributed by atoms with Crippen molar-refractivity contribution >= 4 is 17.6 Å². The van der Waals surface area contributed by atoms with E-state index in [2.05, 4.69) is 31.6 Å². The van der Waals surface area contributed by atoms with Crippen LogP contribution in [0.1, 0.15) is 32.5 Å². The lowest BCUT2D eigenvalue weighted by Gasteiger charge is -2.23. The second-order valence-electron chi connectivity index (χ2n) is 6.28. The van der Waals surface area contributed by atoms with E-state index in [1.807, 2.05) is 0 Å². The molecular formula is C15H22N6O4. The third-order valence-corrected chi connectivity index (χ3v) is 2.87. The number of carbonyl (C=O) groups excluding carboxylic acids is 2. The lowest BCUT2D eigenvalue weighted by Crippen LogP contribution is -2.53. The highest BCUT2D eigenvalue weighted by Gasteiger charge is 2.22. The number of carbonyl (C=O) groups is 2. The van der Waals surface area contributed by atoms with Gasteiger partial charge >= 0.3 is 6.09 Å². The Kier molecular flexibility index (Phi) is 5.75. The van der Waals surface area contributed by atoms with Crippen molar-refractivity contribution in [2.45, 2.75) is 39.5 Å². The number of rotatable bonds is 5. The fourth-order valence-electron chi connectivity index (χ4n) is 1.88. The molecule has 0 radical (unpaired) electrons. The van der Waals surface area contributed by atoms with Crippen molar-refractivity contribution in [1.82, 2.24) is 31.6 Å². The van der Waals surface area contributed by atoms with Crippen LogP contribution >= 0.6 is 0 Å². The SMILES string of the molecule is Cc1noc(C2=CC=CNC2NNC(=O)CNC(=O)OC(C)(C)C)n1. The third kappa shape index (κ3) is 5.92. The second-order valence-corrected chi connectivity index (χ2v) is 6.28. The number of nitrogens with zero attached hydrogens (tertiary/aromatic N) is 2. The molecule has 0 aliphatic carbocycles. The molecule has 4 N–H and O–H groups in total. The summed E-state index contributed by atoms with van der Waals surface area (Å²) in [5.74, 6) is 0.408. The van der Waals surface area contributed by atoms with Gasteiger partial charge in [0.25, 0.3) is 11.8 Å². The second kappa shape index (κ2) is 7.79. The summed E-state index contributed by atoms with van der Waals surface area (Å²) in [6.45, 7) is 6.70. The smallest absolute Gasteiger partial charge is 0.408 e. The standard InChI is InChI=1S/C15H22N6O4/c1-9-18-13(25-21-9)10-6-5-7-16-12(10)20-19-11(22)8-17-14(23)24-15(2,3)4/h5-7,12,16,20H,8H2,1-4H3,(H,17,23)(H,19,22). The van der Waals surface area contributed by atoms with Crippen LogP contribution in [-0.2, 0) is 9.53 Å². The number of nitrogens with one attached hydrogen (secondary N) is 4. The molecule has 0 spiro atoms. The summed E-state index contributed by atoms with van der Waals surface area (Å²) in [5.41, 5.74) is 5.34. The predicted molar refractivity (Wildman–Crippen MR) is 88.6 cm³/mol. The molecule has 2 amide bonds. The molecule has 136 valence electrons. The van der Waals surface area contributed by atoms with Crippen LogP contribution < -0.4 is 21.5 Å². The monoisotopic (exact) mass is 350 g/mol. The number of dihydropyridines is 1. The van der Waals surface area contributed by atoms with E-state index in [9.17, 15) is 9.59 Å². The first-order valence-corrected chi connectivity index (χ1v) is 7.69. The van der Waals surface area contributed by atoms with Crippen LogP contribution in [0.5, 0.6) is 0 Å². The summed E-state index contributed by atoms with van der Waals surface area (Å²) in [4.78, 5) is 27.5. The van der Waals surface area contributed by atoms with Gasteiger partial charge in [0.1, 0.15) is 18.3 Å². The van der Waals surface area contributed by atoms with Crippen LogP contribution in [0.3, 0.4) is 0 Å². The van der Waals surface area contributed by atoms with Gasteiger partial charge in [0, 0.05) is 0 Å². The molecule has 10 nitrogen and oxygen atoms in total. The largest absolute Gasteiger partial charge is 0.444 e. The van der Waals surface area contributed by atoms with E-state index in [1.54, 1.807) is 46.0 Å². The zero-order valence-corrected chi connectivity index (χ0v) is 14.5. The summed E-state index contributed by atoms with van der Waals surface area (Å²) in [7, 11) is 0. The van der Waals surface area contributed by atoms with Crippen LogP contribution in [-0.4, -0.2) is 40.5 Å². The zero-order valence-electron chi connectivity index (χ0n) is 14.5. The first-order chi connectivity index (χ1) is 11.7. The van der Waals surface area contributed by atoms with Gasteiger partial charge in [0.2, 0.25) is 0 Å². The van der Waals surface area contributed by atoms with Gasteiger partial charge in [-0.1, -0.05) is 5.16 Å². The third-order valence-electron chi connectivity index (χ3n) is 2.87. The van der Waals surface area contributed by atoms with E-state index in [0.717, 1.165) is 0 Å². The van der Waals surface area contributed by atoms with Crippen LogP contribution in [0, 0.1) is 6.92 Å². The van der Waals surface area contributed by atoms with Crippen LogP contribution in [0.25, 0.3) is 5.57 Å². The summed E-state index contributed by atoms with van der Waals surface area (Å²) in [6, 6.07) is 0. The number of alkyl carbamates (subject to hydrolysis) is 1. The Balaban J connectivity index is 1.82. The van der Waals surface area contributed by atoms with Crippen LogP contribution in [0.4, 0.5) is 4.79 Å². The quantitative estimate of drug-likeness (QED) is 0.560. The molecule has 2 heterocycles. The average molecular weight is 350 g/mol. The zero-order chi connectivity index (χ0) is 18.4. The van der Waals surface area contributed by atoms with Gasteiger partial charge in [-0.05, 0) is 46.0 Å². The van der Waals surface area contributed by atoms with Gasteiger partial charge in [0.05, 0.1) is 5.57 Å². The molecule has 2 rings (SSSR count). The summed E-state index contributed by atoms with van der Waals surface area (Å²) < 4.78 is 10.2. The fraction of sp³-hybridized carbons (Fsp3) is 0.467. The van der Waals surface area contributed by atoms with Gasteiger partial charge in [0.15, 0.2) is 5.82 Å². The summed E-state index contributed by atoms with van der Waals surface area (Å²) >= 11 is 0. The molecule has 1 unspecified atom stereocenters. The van der Waals surface area contributed by atoms with Gasteiger partial charge in [-0.15, -0.1) is 0 Å². The fourth-order valence-corrected chi connectivity index (χ4v) is 1.88. The van der Waals surface area contributed by atoms with Crippen molar-refractivity contribution in [3.8, 4) is 0 Å². The molecule has 10 heteroatoms. The van der Waals surface area contributed by atoms with Crippen LogP contribution in [0.15, 0.2) is 22.9 Å². The molecule has 0 saturated carbocycles. The van der Waals surface area contributed by atoms with E-state index < -0.39 is 23.8 Å². The first kappa shape index (κ1) is 18.5. The summed E-state index contributed by atoms with van der Waals surface area (Å²) in [6.07, 6.45) is 4.14. The molecule has 1 aliphatic heterocycles. The van der Waals surface area contributed by atoms with Crippen molar-refractivity contribution in [2.75, 3.05) is 6.54 Å². The van der Waals surface area contributed by atoms with Crippen molar-refractivity contribution in [1.29, 1.82) is 0 Å². The number of hydrogen-bond donors (Lipinski definition) is 4. The van der Waals surface area contributed by atoms with E-state index in [0.29, 0.717) is 17.3 Å². The lowest BCUT2D eigenvalue weighted by atomic mass is 10.1. The first-order valence-electron chi connectivity index (χ1n) is 7.69. The maximum Gasteiger partial charge on any atom is 0.408 e. The molecule has 1 aromatic heterocycles. The van der Waals surface area contributed by atoms with Crippen molar-refractivity contribution in [3.63, 3.8) is 0 Å².